The fourth-order valence-corrected chi connectivity index (χ4v) is 6.13. The van der Waals surface area contributed by atoms with E-state index < -0.39 is 11.6 Å². The number of fused-ring (bicyclic) bond motifs is 1. The summed E-state index contributed by atoms with van der Waals surface area (Å²) in [6, 6.07) is 17.3. The summed E-state index contributed by atoms with van der Waals surface area (Å²) < 4.78 is 7.20. The van der Waals surface area contributed by atoms with Gasteiger partial charge in [0, 0.05) is 47.3 Å². The summed E-state index contributed by atoms with van der Waals surface area (Å²) in [5.74, 6) is -0.0432. The van der Waals surface area contributed by atoms with Gasteiger partial charge in [-0.2, -0.15) is 0 Å². The van der Waals surface area contributed by atoms with Gasteiger partial charge in [-0.1, -0.05) is 59.2 Å². The van der Waals surface area contributed by atoms with E-state index in [1.54, 1.807) is 36.2 Å². The number of amides is 3. The number of primary amides is 1. The van der Waals surface area contributed by atoms with Crippen molar-refractivity contribution in [1.29, 1.82) is 0 Å². The molecular formula is C38H42N6O4. The highest BCUT2D eigenvalue weighted by atomic mass is 16.5. The van der Waals surface area contributed by atoms with Crippen LogP contribution in [-0.2, 0) is 6.54 Å². The van der Waals surface area contributed by atoms with Gasteiger partial charge in [-0.25, -0.2) is 9.78 Å². The minimum atomic E-state index is -0.832. The summed E-state index contributed by atoms with van der Waals surface area (Å²) in [5.41, 5.74) is 10.5. The molecule has 5 rings (SSSR count). The van der Waals surface area contributed by atoms with Gasteiger partial charge in [0.1, 0.15) is 17.1 Å². The molecule has 0 spiro atoms. The summed E-state index contributed by atoms with van der Waals surface area (Å²) in [7, 11) is 1.58. The Hall–Kier alpha value is -5.51. The van der Waals surface area contributed by atoms with Crippen molar-refractivity contribution in [2.75, 3.05) is 17.3 Å². The van der Waals surface area contributed by atoms with Crippen LogP contribution in [0.3, 0.4) is 0 Å². The Kier molecular flexibility index (Phi) is 10.2. The van der Waals surface area contributed by atoms with Crippen LogP contribution in [0.25, 0.3) is 22.2 Å². The molecule has 48 heavy (non-hydrogen) atoms. The average molecular weight is 647 g/mol. The van der Waals surface area contributed by atoms with E-state index in [0.29, 0.717) is 57.0 Å². The van der Waals surface area contributed by atoms with E-state index in [4.69, 9.17) is 10.5 Å². The maximum Gasteiger partial charge on any atom is 0.324 e. The van der Waals surface area contributed by atoms with Gasteiger partial charge in [0.05, 0.1) is 18.4 Å². The lowest BCUT2D eigenvalue weighted by Gasteiger charge is -2.32. The number of nitrogens with one attached hydrogen (secondary N) is 1. The van der Waals surface area contributed by atoms with Crippen molar-refractivity contribution in [3.8, 4) is 16.9 Å². The van der Waals surface area contributed by atoms with Crippen molar-refractivity contribution in [3.63, 3.8) is 0 Å². The first-order valence-electron chi connectivity index (χ1n) is 16.2. The fourth-order valence-electron chi connectivity index (χ4n) is 6.13. The first kappa shape index (κ1) is 33.8. The number of benzene rings is 2. The van der Waals surface area contributed by atoms with Crippen LogP contribution in [0.15, 0.2) is 84.0 Å². The number of hydrogen-bond donors (Lipinski definition) is 2. The molecule has 0 radical (unpaired) electrons. The lowest BCUT2D eigenvalue weighted by atomic mass is 9.89. The Morgan fingerprint density at radius 3 is 2.40 bits per heavy atom. The lowest BCUT2D eigenvalue weighted by Crippen LogP contribution is -2.39. The van der Waals surface area contributed by atoms with E-state index in [1.807, 2.05) is 76.2 Å². The third-order valence-corrected chi connectivity index (χ3v) is 8.38. The second kappa shape index (κ2) is 14.5. The minimum Gasteiger partial charge on any atom is -0.497 e. The zero-order valence-electron chi connectivity index (χ0n) is 28.3. The predicted molar refractivity (Wildman–Crippen MR) is 191 cm³/mol. The Labute approximate surface area is 280 Å². The van der Waals surface area contributed by atoms with Crippen LogP contribution in [0.4, 0.5) is 21.9 Å². The van der Waals surface area contributed by atoms with Gasteiger partial charge in [-0.15, -0.1) is 0 Å². The number of urea groups is 1. The number of methoxy groups -OCH3 is 1. The van der Waals surface area contributed by atoms with Crippen LogP contribution in [0.1, 0.15) is 80.8 Å². The maximum absolute atomic E-state index is 14.9. The van der Waals surface area contributed by atoms with Crippen LogP contribution >= 0.6 is 0 Å². The number of anilines is 3. The standard InChI is InChI=1S/C38H42N6O4/c1-7-8-20-43-35-29(15-11-19-41-35)32(25-12-9-14-27(21-25)48-6)34(37(43)46)44(38(39)47)33-28(23(2)3)16-17-30(31(33)24(4)5)42-36(45)26-13-10-18-40-22-26/h9-19,21-24H,7-8,20H2,1-6H3,(H2,39,47)(H,42,45). The SMILES string of the molecule is CCCCn1c(=O)c(N(C(N)=O)c2c(C(C)C)ccc(NC(=O)c3cccnc3)c2C(C)C)c(-c2cccc(OC)c2)c2cccnc21. The molecular weight excluding hydrogens is 604 g/mol. The van der Waals surface area contributed by atoms with Crippen molar-refractivity contribution in [2.45, 2.75) is 65.8 Å². The summed E-state index contributed by atoms with van der Waals surface area (Å²) in [6.45, 7) is 10.4. The van der Waals surface area contributed by atoms with Crippen molar-refractivity contribution >= 4 is 40.0 Å². The summed E-state index contributed by atoms with van der Waals surface area (Å²) in [5, 5.41) is 3.72. The van der Waals surface area contributed by atoms with Gasteiger partial charge in [0.2, 0.25) is 0 Å². The monoisotopic (exact) mass is 646 g/mol. The molecule has 248 valence electrons. The van der Waals surface area contributed by atoms with Crippen LogP contribution in [0.2, 0.25) is 0 Å². The molecule has 5 aromatic rings. The molecule has 3 amide bonds. The van der Waals surface area contributed by atoms with E-state index in [9.17, 15) is 14.4 Å². The Balaban J connectivity index is 1.92. The van der Waals surface area contributed by atoms with E-state index in [-0.39, 0.29) is 23.4 Å². The van der Waals surface area contributed by atoms with E-state index >= 15 is 0 Å². The molecule has 10 heteroatoms. The average Bonchev–Trinajstić information content (AvgIpc) is 3.08. The molecule has 0 atom stereocenters. The number of aryl methyl sites for hydroxylation is 1. The summed E-state index contributed by atoms with van der Waals surface area (Å²) in [6.07, 6.45) is 6.33. The number of carbonyl (C=O) groups excluding carboxylic acids is 2. The third kappa shape index (κ3) is 6.51. The molecule has 0 aliphatic rings. The Morgan fingerprint density at radius 1 is 0.979 bits per heavy atom. The molecule has 2 aromatic carbocycles. The normalized spacial score (nSPS) is 11.2. The topological polar surface area (TPSA) is 132 Å². The summed E-state index contributed by atoms with van der Waals surface area (Å²) >= 11 is 0. The molecule has 0 aliphatic carbocycles. The highest BCUT2D eigenvalue weighted by molar-refractivity contribution is 6.11. The van der Waals surface area contributed by atoms with Gasteiger partial charge < -0.3 is 15.8 Å². The maximum atomic E-state index is 14.9. The van der Waals surface area contributed by atoms with Crippen LogP contribution in [0.5, 0.6) is 5.75 Å². The number of unbranched alkanes of at least 4 members (excludes halogenated alkanes) is 1. The number of carbonyl (C=O) groups is 2. The van der Waals surface area contributed by atoms with Gasteiger partial charge in [-0.3, -0.25) is 24.0 Å². The van der Waals surface area contributed by atoms with Crippen LogP contribution < -0.4 is 26.2 Å². The quantitative estimate of drug-likeness (QED) is 0.150. The molecule has 0 aliphatic heterocycles. The van der Waals surface area contributed by atoms with Gasteiger partial charge in [0.15, 0.2) is 0 Å². The first-order chi connectivity index (χ1) is 23.1. The predicted octanol–water partition coefficient (Wildman–Crippen LogP) is 7.98. The van der Waals surface area contributed by atoms with Crippen molar-refractivity contribution in [3.05, 3.63) is 106 Å². The lowest BCUT2D eigenvalue weighted by molar-refractivity contribution is 0.102. The van der Waals surface area contributed by atoms with E-state index in [0.717, 1.165) is 18.4 Å². The van der Waals surface area contributed by atoms with Gasteiger partial charge in [-0.05, 0) is 71.8 Å². The van der Waals surface area contributed by atoms with Crippen molar-refractivity contribution < 1.29 is 14.3 Å². The molecule has 0 saturated heterocycles. The van der Waals surface area contributed by atoms with Crippen molar-refractivity contribution in [1.82, 2.24) is 14.5 Å². The molecule has 0 bridgehead atoms. The molecule has 3 N–H and O–H groups in total. The van der Waals surface area contributed by atoms with E-state index in [2.05, 4.69) is 22.2 Å². The second-order valence-corrected chi connectivity index (χ2v) is 12.3. The highest BCUT2D eigenvalue weighted by Crippen LogP contribution is 2.46. The number of ether oxygens (including phenoxy) is 1. The number of nitrogens with zero attached hydrogens (tertiary/aromatic N) is 4. The molecule has 3 aromatic heterocycles. The second-order valence-electron chi connectivity index (χ2n) is 12.3. The Bertz CT molecular complexity index is 2020. The first-order valence-corrected chi connectivity index (χ1v) is 16.2. The van der Waals surface area contributed by atoms with Gasteiger partial charge >= 0.3 is 6.03 Å². The highest BCUT2D eigenvalue weighted by Gasteiger charge is 2.33. The molecule has 3 heterocycles. The minimum absolute atomic E-state index is 0.0767. The third-order valence-electron chi connectivity index (χ3n) is 8.38. The molecule has 0 fully saturated rings. The Morgan fingerprint density at radius 2 is 1.75 bits per heavy atom. The number of hydrogen-bond acceptors (Lipinski definition) is 6. The number of rotatable bonds is 11. The van der Waals surface area contributed by atoms with E-state index in [1.165, 1.54) is 11.1 Å². The zero-order chi connectivity index (χ0) is 34.5. The van der Waals surface area contributed by atoms with Gasteiger partial charge in [0.25, 0.3) is 11.5 Å². The fraction of sp³-hybridized carbons (Fsp3) is 0.289. The smallest absolute Gasteiger partial charge is 0.324 e. The molecule has 10 nitrogen and oxygen atoms in total. The van der Waals surface area contributed by atoms with Crippen LogP contribution in [-0.4, -0.2) is 33.6 Å². The number of aromatic nitrogens is 3. The number of pyridine rings is 3. The summed E-state index contributed by atoms with van der Waals surface area (Å²) in [4.78, 5) is 52.4. The number of nitrogens with two attached hydrogens (primary N) is 1. The zero-order valence-corrected chi connectivity index (χ0v) is 28.3. The molecule has 0 saturated carbocycles. The molecule has 0 unspecified atom stereocenters. The largest absolute Gasteiger partial charge is 0.497 e. The van der Waals surface area contributed by atoms with Crippen LogP contribution in [0, 0.1) is 0 Å². The van der Waals surface area contributed by atoms with Crippen molar-refractivity contribution in [2.24, 2.45) is 5.73 Å².